The van der Waals surface area contributed by atoms with Crippen molar-refractivity contribution in [2.45, 2.75) is 20.3 Å². The maximum atomic E-state index is 12.3. The van der Waals surface area contributed by atoms with Crippen LogP contribution < -0.4 is 4.74 Å². The molecular formula is C13H18N2O4. The fourth-order valence-corrected chi connectivity index (χ4v) is 1.71. The summed E-state index contributed by atoms with van der Waals surface area (Å²) in [6.07, 6.45) is 0.681. The van der Waals surface area contributed by atoms with Gasteiger partial charge in [0.25, 0.3) is 5.91 Å². The van der Waals surface area contributed by atoms with Gasteiger partial charge in [-0.3, -0.25) is 9.59 Å². The summed E-state index contributed by atoms with van der Waals surface area (Å²) < 4.78 is 5.07. The lowest BCUT2D eigenvalue weighted by molar-refractivity contribution is -0.137. The predicted octanol–water partition coefficient (Wildman–Crippen LogP) is 1.34. The number of ether oxygens (including phenoxy) is 1. The Labute approximate surface area is 112 Å². The van der Waals surface area contributed by atoms with Crippen LogP contribution >= 0.6 is 0 Å². The van der Waals surface area contributed by atoms with Crippen LogP contribution in [0.2, 0.25) is 0 Å². The van der Waals surface area contributed by atoms with Crippen molar-refractivity contribution in [3.63, 3.8) is 0 Å². The molecular weight excluding hydrogens is 248 g/mol. The maximum absolute atomic E-state index is 12.3. The topological polar surface area (TPSA) is 79.7 Å². The average Bonchev–Trinajstić information content (AvgIpc) is 2.36. The summed E-state index contributed by atoms with van der Waals surface area (Å²) in [4.78, 5) is 28.5. The van der Waals surface area contributed by atoms with E-state index >= 15 is 0 Å². The number of carboxylic acid groups (broad SMARTS) is 1. The van der Waals surface area contributed by atoms with Crippen LogP contribution in [0.25, 0.3) is 0 Å². The number of aromatic nitrogens is 1. The lowest BCUT2D eigenvalue weighted by Gasteiger charge is -2.20. The predicted molar refractivity (Wildman–Crippen MR) is 69.4 cm³/mol. The third-order valence-corrected chi connectivity index (χ3v) is 2.53. The zero-order valence-electron chi connectivity index (χ0n) is 11.3. The zero-order valence-corrected chi connectivity index (χ0v) is 11.3. The molecule has 0 aliphatic carbocycles. The van der Waals surface area contributed by atoms with Crippen molar-refractivity contribution in [2.24, 2.45) is 0 Å². The molecule has 0 aromatic carbocycles. The highest BCUT2D eigenvalue weighted by Crippen LogP contribution is 2.18. The van der Waals surface area contributed by atoms with Crippen LogP contribution in [0.5, 0.6) is 5.88 Å². The molecule has 0 aliphatic rings. The van der Waals surface area contributed by atoms with Crippen LogP contribution in [0.15, 0.2) is 12.1 Å². The number of carboxylic acids is 1. The standard InChI is InChI=1S/C13H18N2O4/c1-4-7-15(8-11(16)17)13(18)10-6-5-9(2)14-12(10)19-3/h5-6H,4,7-8H2,1-3H3,(H,16,17). The summed E-state index contributed by atoms with van der Waals surface area (Å²) in [6.45, 7) is 3.72. The number of carbonyl (C=O) groups excluding carboxylic acids is 1. The maximum Gasteiger partial charge on any atom is 0.323 e. The van der Waals surface area contributed by atoms with Gasteiger partial charge in [-0.05, 0) is 25.5 Å². The Morgan fingerprint density at radius 1 is 1.42 bits per heavy atom. The summed E-state index contributed by atoms with van der Waals surface area (Å²) in [5, 5.41) is 8.84. The first-order chi connectivity index (χ1) is 8.99. The van der Waals surface area contributed by atoms with Crippen molar-refractivity contribution < 1.29 is 19.4 Å². The van der Waals surface area contributed by atoms with Crippen molar-refractivity contribution in [1.29, 1.82) is 0 Å². The molecule has 1 amide bonds. The van der Waals surface area contributed by atoms with Crippen LogP contribution in [-0.2, 0) is 4.79 Å². The number of nitrogens with zero attached hydrogens (tertiary/aromatic N) is 2. The van der Waals surface area contributed by atoms with Gasteiger partial charge in [-0.25, -0.2) is 4.98 Å². The van der Waals surface area contributed by atoms with Crippen LogP contribution in [0.4, 0.5) is 0 Å². The van der Waals surface area contributed by atoms with Gasteiger partial charge in [0.1, 0.15) is 12.1 Å². The van der Waals surface area contributed by atoms with Gasteiger partial charge in [0, 0.05) is 12.2 Å². The fourth-order valence-electron chi connectivity index (χ4n) is 1.71. The molecule has 1 aromatic heterocycles. The van der Waals surface area contributed by atoms with Gasteiger partial charge in [0.15, 0.2) is 0 Å². The van der Waals surface area contributed by atoms with Gasteiger partial charge in [0.2, 0.25) is 5.88 Å². The molecule has 0 saturated heterocycles. The SMILES string of the molecule is CCCN(CC(=O)O)C(=O)c1ccc(C)nc1OC. The Balaban J connectivity index is 3.04. The molecule has 0 unspecified atom stereocenters. The van der Waals surface area contributed by atoms with E-state index in [0.29, 0.717) is 13.0 Å². The van der Waals surface area contributed by atoms with Crippen molar-refractivity contribution in [3.8, 4) is 5.88 Å². The van der Waals surface area contributed by atoms with E-state index in [0.717, 1.165) is 5.69 Å². The Bertz CT molecular complexity index is 474. The minimum absolute atomic E-state index is 0.219. The minimum atomic E-state index is -1.04. The Morgan fingerprint density at radius 3 is 2.63 bits per heavy atom. The minimum Gasteiger partial charge on any atom is -0.480 e. The van der Waals surface area contributed by atoms with E-state index in [1.54, 1.807) is 19.1 Å². The molecule has 0 aliphatic heterocycles. The van der Waals surface area contributed by atoms with Gasteiger partial charge in [-0.15, -0.1) is 0 Å². The molecule has 1 heterocycles. The lowest BCUT2D eigenvalue weighted by Crippen LogP contribution is -2.36. The summed E-state index contributed by atoms with van der Waals surface area (Å²) in [5.74, 6) is -1.20. The normalized spacial score (nSPS) is 10.1. The second-order valence-electron chi connectivity index (χ2n) is 4.13. The molecule has 0 fully saturated rings. The van der Waals surface area contributed by atoms with Crippen LogP contribution in [0, 0.1) is 6.92 Å². The van der Waals surface area contributed by atoms with Gasteiger partial charge in [-0.2, -0.15) is 0 Å². The number of amides is 1. The number of aryl methyl sites for hydroxylation is 1. The first kappa shape index (κ1) is 14.9. The van der Waals surface area contributed by atoms with Crippen LogP contribution in [0.3, 0.4) is 0 Å². The molecule has 0 atom stereocenters. The molecule has 0 radical (unpaired) electrons. The third kappa shape index (κ3) is 3.94. The highest BCUT2D eigenvalue weighted by Gasteiger charge is 2.21. The number of hydrogen-bond acceptors (Lipinski definition) is 4. The summed E-state index contributed by atoms with van der Waals surface area (Å²) in [6, 6.07) is 3.30. The van der Waals surface area contributed by atoms with Crippen molar-refractivity contribution in [2.75, 3.05) is 20.2 Å². The van der Waals surface area contributed by atoms with E-state index < -0.39 is 5.97 Å². The molecule has 104 valence electrons. The molecule has 1 rings (SSSR count). The second kappa shape index (κ2) is 6.72. The molecule has 1 aromatic rings. The molecule has 1 N–H and O–H groups in total. The first-order valence-electron chi connectivity index (χ1n) is 6.02. The smallest absolute Gasteiger partial charge is 0.323 e. The molecule has 6 nitrogen and oxygen atoms in total. The van der Waals surface area contributed by atoms with E-state index in [4.69, 9.17) is 9.84 Å². The molecule has 6 heteroatoms. The van der Waals surface area contributed by atoms with Crippen molar-refractivity contribution in [1.82, 2.24) is 9.88 Å². The largest absolute Gasteiger partial charge is 0.480 e. The van der Waals surface area contributed by atoms with E-state index in [1.807, 2.05) is 6.92 Å². The van der Waals surface area contributed by atoms with Gasteiger partial charge in [0.05, 0.1) is 7.11 Å². The Kier molecular flexibility index (Phi) is 5.29. The van der Waals surface area contributed by atoms with E-state index in [1.165, 1.54) is 12.0 Å². The number of aliphatic carboxylic acids is 1. The number of methoxy groups -OCH3 is 1. The lowest BCUT2D eigenvalue weighted by atomic mass is 10.2. The molecule has 0 bridgehead atoms. The fraction of sp³-hybridized carbons (Fsp3) is 0.462. The van der Waals surface area contributed by atoms with Gasteiger partial charge in [-0.1, -0.05) is 6.92 Å². The third-order valence-electron chi connectivity index (χ3n) is 2.53. The number of rotatable bonds is 6. The zero-order chi connectivity index (χ0) is 14.4. The quantitative estimate of drug-likeness (QED) is 0.840. The van der Waals surface area contributed by atoms with Crippen LogP contribution in [0.1, 0.15) is 29.4 Å². The number of carbonyl (C=O) groups is 2. The summed E-state index contributed by atoms with van der Waals surface area (Å²) in [7, 11) is 1.43. The average molecular weight is 266 g/mol. The van der Waals surface area contributed by atoms with E-state index in [-0.39, 0.29) is 23.9 Å². The van der Waals surface area contributed by atoms with Gasteiger partial charge >= 0.3 is 5.97 Å². The Hall–Kier alpha value is -2.11. The van der Waals surface area contributed by atoms with Gasteiger partial charge < -0.3 is 14.7 Å². The summed E-state index contributed by atoms with van der Waals surface area (Å²) in [5.41, 5.74) is 1.01. The van der Waals surface area contributed by atoms with Crippen molar-refractivity contribution in [3.05, 3.63) is 23.4 Å². The number of pyridine rings is 1. The van der Waals surface area contributed by atoms with Crippen molar-refractivity contribution >= 4 is 11.9 Å². The van der Waals surface area contributed by atoms with E-state index in [2.05, 4.69) is 4.98 Å². The second-order valence-corrected chi connectivity index (χ2v) is 4.13. The van der Waals surface area contributed by atoms with Crippen LogP contribution in [-0.4, -0.2) is 47.1 Å². The van der Waals surface area contributed by atoms with E-state index in [9.17, 15) is 9.59 Å². The highest BCUT2D eigenvalue weighted by atomic mass is 16.5. The molecule has 0 spiro atoms. The molecule has 0 saturated carbocycles. The highest BCUT2D eigenvalue weighted by molar-refractivity contribution is 5.97. The monoisotopic (exact) mass is 266 g/mol. The summed E-state index contributed by atoms with van der Waals surface area (Å²) >= 11 is 0. The Morgan fingerprint density at radius 2 is 2.11 bits per heavy atom. The number of hydrogen-bond donors (Lipinski definition) is 1. The first-order valence-corrected chi connectivity index (χ1v) is 6.02. The molecule has 19 heavy (non-hydrogen) atoms.